The van der Waals surface area contributed by atoms with Crippen LogP contribution < -0.4 is 4.74 Å². The monoisotopic (exact) mass is 294 g/mol. The summed E-state index contributed by atoms with van der Waals surface area (Å²) < 4.78 is 24.0. The first-order chi connectivity index (χ1) is 9.71. The summed E-state index contributed by atoms with van der Waals surface area (Å²) in [6.07, 6.45) is 0.854. The molecule has 0 atom stereocenters. The van der Waals surface area contributed by atoms with E-state index in [4.69, 9.17) is 21.1 Å². The summed E-state index contributed by atoms with van der Waals surface area (Å²) in [4.78, 5) is 0. The molecule has 0 saturated carbocycles. The second kappa shape index (κ2) is 7.27. The molecule has 2 aromatic rings. The third-order valence-corrected chi connectivity index (χ3v) is 3.15. The molecule has 2 aromatic carbocycles. The van der Waals surface area contributed by atoms with E-state index in [1.54, 1.807) is 13.2 Å². The molecule has 106 valence electrons. The first kappa shape index (κ1) is 14.8. The number of ether oxygens (including phenoxy) is 2. The molecule has 2 nitrogen and oxygen atoms in total. The lowest BCUT2D eigenvalue weighted by atomic mass is 10.1. The van der Waals surface area contributed by atoms with Gasteiger partial charge in [-0.25, -0.2) is 4.39 Å². The van der Waals surface area contributed by atoms with Crippen LogP contribution in [0.15, 0.2) is 42.5 Å². The Hall–Kier alpha value is -1.58. The zero-order valence-corrected chi connectivity index (χ0v) is 12.0. The van der Waals surface area contributed by atoms with E-state index in [1.807, 2.05) is 24.3 Å². The Labute approximate surface area is 123 Å². The fraction of sp³-hybridized carbons (Fsp3) is 0.250. The lowest BCUT2D eigenvalue weighted by molar-refractivity contribution is 0.202. The van der Waals surface area contributed by atoms with E-state index in [0.29, 0.717) is 23.7 Å². The van der Waals surface area contributed by atoms with E-state index in [0.717, 1.165) is 6.42 Å². The van der Waals surface area contributed by atoms with Gasteiger partial charge < -0.3 is 9.47 Å². The van der Waals surface area contributed by atoms with Crippen LogP contribution in [-0.4, -0.2) is 13.7 Å². The highest BCUT2D eigenvalue weighted by Crippen LogP contribution is 2.24. The van der Waals surface area contributed by atoms with Crippen LogP contribution >= 0.6 is 11.6 Å². The molecule has 0 saturated heterocycles. The van der Waals surface area contributed by atoms with E-state index in [9.17, 15) is 4.39 Å². The van der Waals surface area contributed by atoms with Gasteiger partial charge >= 0.3 is 0 Å². The highest BCUT2D eigenvalue weighted by molar-refractivity contribution is 6.17. The van der Waals surface area contributed by atoms with Crippen LogP contribution in [0.4, 0.5) is 4.39 Å². The predicted octanol–water partition coefficient (Wildman–Crippen LogP) is 4.55. The Morgan fingerprint density at radius 3 is 2.40 bits per heavy atom. The smallest absolute Gasteiger partial charge is 0.130 e. The van der Waals surface area contributed by atoms with Gasteiger partial charge in [0.1, 0.15) is 17.3 Å². The van der Waals surface area contributed by atoms with Crippen molar-refractivity contribution in [2.75, 3.05) is 13.7 Å². The minimum Gasteiger partial charge on any atom is -0.457 e. The lowest BCUT2D eigenvalue weighted by Gasteiger charge is -2.08. The molecule has 0 bridgehead atoms. The molecule has 0 aliphatic heterocycles. The van der Waals surface area contributed by atoms with Crippen LogP contribution in [0.1, 0.15) is 11.1 Å². The Kier molecular flexibility index (Phi) is 5.39. The summed E-state index contributed by atoms with van der Waals surface area (Å²) in [5.41, 5.74) is 1.86. The van der Waals surface area contributed by atoms with Crippen LogP contribution in [0.5, 0.6) is 11.5 Å². The summed E-state index contributed by atoms with van der Waals surface area (Å²) in [7, 11) is 1.68. The quantitative estimate of drug-likeness (QED) is 0.728. The zero-order chi connectivity index (χ0) is 14.4. The van der Waals surface area contributed by atoms with E-state index in [2.05, 4.69) is 0 Å². The van der Waals surface area contributed by atoms with Crippen molar-refractivity contribution >= 4 is 11.6 Å². The van der Waals surface area contributed by atoms with E-state index in [1.165, 1.54) is 17.7 Å². The van der Waals surface area contributed by atoms with Crippen molar-refractivity contribution in [2.24, 2.45) is 0 Å². The molecule has 0 heterocycles. The molecule has 0 radical (unpaired) electrons. The molecule has 20 heavy (non-hydrogen) atoms. The second-order valence-electron chi connectivity index (χ2n) is 4.42. The van der Waals surface area contributed by atoms with E-state index >= 15 is 0 Å². The summed E-state index contributed by atoms with van der Waals surface area (Å²) in [5.74, 6) is 1.02. The summed E-state index contributed by atoms with van der Waals surface area (Å²) in [6, 6.07) is 12.1. The largest absolute Gasteiger partial charge is 0.457 e. The standard InChI is InChI=1S/C16H16ClFO2/c1-19-7-6-12-2-4-15(5-3-12)20-16-9-13(11-17)8-14(18)10-16/h2-5,8-10H,6-7,11H2,1H3. The van der Waals surface area contributed by atoms with E-state index < -0.39 is 0 Å². The van der Waals surface area contributed by atoms with Crippen molar-refractivity contribution in [1.29, 1.82) is 0 Å². The molecule has 0 N–H and O–H groups in total. The van der Waals surface area contributed by atoms with Crippen molar-refractivity contribution in [3.63, 3.8) is 0 Å². The molecule has 0 aliphatic carbocycles. The summed E-state index contributed by atoms with van der Waals surface area (Å²) in [6.45, 7) is 0.684. The average molecular weight is 295 g/mol. The van der Waals surface area contributed by atoms with Crippen molar-refractivity contribution in [2.45, 2.75) is 12.3 Å². The molecular formula is C16H16ClFO2. The first-order valence-corrected chi connectivity index (χ1v) is 6.86. The highest BCUT2D eigenvalue weighted by atomic mass is 35.5. The SMILES string of the molecule is COCCc1ccc(Oc2cc(F)cc(CCl)c2)cc1. The van der Waals surface area contributed by atoms with Gasteiger partial charge in [0.2, 0.25) is 0 Å². The number of hydrogen-bond acceptors (Lipinski definition) is 2. The predicted molar refractivity (Wildman–Crippen MR) is 78.1 cm³/mol. The third-order valence-electron chi connectivity index (χ3n) is 2.84. The van der Waals surface area contributed by atoms with Gasteiger partial charge in [0.15, 0.2) is 0 Å². The highest BCUT2D eigenvalue weighted by Gasteiger charge is 2.03. The van der Waals surface area contributed by atoms with Crippen LogP contribution in [0.2, 0.25) is 0 Å². The Bertz CT molecular complexity index is 555. The second-order valence-corrected chi connectivity index (χ2v) is 4.68. The van der Waals surface area contributed by atoms with E-state index in [-0.39, 0.29) is 11.7 Å². The third kappa shape index (κ3) is 4.22. The summed E-state index contributed by atoms with van der Waals surface area (Å²) >= 11 is 5.71. The van der Waals surface area contributed by atoms with Crippen molar-refractivity contribution in [3.05, 3.63) is 59.4 Å². The maximum Gasteiger partial charge on any atom is 0.130 e. The minimum absolute atomic E-state index is 0.254. The zero-order valence-electron chi connectivity index (χ0n) is 11.2. The number of halogens is 2. The lowest BCUT2D eigenvalue weighted by Crippen LogP contribution is -1.94. The Balaban J connectivity index is 2.07. The van der Waals surface area contributed by atoms with Gasteiger partial charge in [0.25, 0.3) is 0 Å². The molecular weight excluding hydrogens is 279 g/mol. The molecule has 0 amide bonds. The molecule has 0 aliphatic rings. The van der Waals surface area contributed by atoms with Crippen LogP contribution in [0, 0.1) is 5.82 Å². The van der Waals surface area contributed by atoms with Gasteiger partial charge in [-0.3, -0.25) is 0 Å². The van der Waals surface area contributed by atoms with Gasteiger partial charge in [-0.05, 0) is 41.8 Å². The van der Waals surface area contributed by atoms with Gasteiger partial charge in [0.05, 0.1) is 6.61 Å². The molecule has 4 heteroatoms. The van der Waals surface area contributed by atoms with Gasteiger partial charge in [-0.2, -0.15) is 0 Å². The number of rotatable bonds is 6. The molecule has 0 unspecified atom stereocenters. The maximum atomic E-state index is 13.4. The molecule has 0 spiro atoms. The normalized spacial score (nSPS) is 10.6. The summed E-state index contributed by atoms with van der Waals surface area (Å²) in [5, 5.41) is 0. The Morgan fingerprint density at radius 1 is 1.00 bits per heavy atom. The molecule has 2 rings (SSSR count). The van der Waals surface area contributed by atoms with Crippen LogP contribution in [-0.2, 0) is 17.0 Å². The number of benzene rings is 2. The van der Waals surface area contributed by atoms with Gasteiger partial charge in [0, 0.05) is 19.1 Å². The van der Waals surface area contributed by atoms with Gasteiger partial charge in [-0.1, -0.05) is 12.1 Å². The van der Waals surface area contributed by atoms with Crippen molar-refractivity contribution in [3.8, 4) is 11.5 Å². The fourth-order valence-electron chi connectivity index (χ4n) is 1.84. The fourth-order valence-corrected chi connectivity index (χ4v) is 1.99. The maximum absolute atomic E-state index is 13.4. The number of methoxy groups -OCH3 is 1. The minimum atomic E-state index is -0.352. The van der Waals surface area contributed by atoms with Gasteiger partial charge in [-0.15, -0.1) is 11.6 Å². The Morgan fingerprint density at radius 2 is 1.75 bits per heavy atom. The molecule has 0 aromatic heterocycles. The number of alkyl halides is 1. The molecule has 0 fully saturated rings. The average Bonchev–Trinajstić information content (AvgIpc) is 2.46. The first-order valence-electron chi connectivity index (χ1n) is 6.32. The van der Waals surface area contributed by atoms with Crippen LogP contribution in [0.3, 0.4) is 0 Å². The topological polar surface area (TPSA) is 18.5 Å². The van der Waals surface area contributed by atoms with Crippen molar-refractivity contribution < 1.29 is 13.9 Å². The number of hydrogen-bond donors (Lipinski definition) is 0. The van der Waals surface area contributed by atoms with Crippen LogP contribution in [0.25, 0.3) is 0 Å². The van der Waals surface area contributed by atoms with Crippen molar-refractivity contribution in [1.82, 2.24) is 0 Å².